The zero-order chi connectivity index (χ0) is 22.2. The number of imidazole rings is 1. The second kappa shape index (κ2) is 8.14. The molecule has 0 saturated heterocycles. The molecule has 0 atom stereocenters. The summed E-state index contributed by atoms with van der Waals surface area (Å²) in [5.74, 6) is 1.06. The molecule has 0 bridgehead atoms. The van der Waals surface area contributed by atoms with E-state index >= 15 is 0 Å². The summed E-state index contributed by atoms with van der Waals surface area (Å²) in [6.45, 7) is 10.4. The Bertz CT molecular complexity index is 1250. The molecule has 157 valence electrons. The Hall–Kier alpha value is -3.20. The van der Waals surface area contributed by atoms with Crippen molar-refractivity contribution in [2.24, 2.45) is 0 Å². The number of hydrogen-bond acceptors (Lipinski definition) is 2. The Labute approximate surface area is 184 Å². The SMILES string of the molecule is CCc1nc2cc(C(C)=O)ccc2n1-c1ccc(CC(C)(C)c2[c]ccc(C)c2)cc1. The van der Waals surface area contributed by atoms with Crippen LogP contribution in [0.5, 0.6) is 0 Å². The van der Waals surface area contributed by atoms with Gasteiger partial charge in [-0.2, -0.15) is 0 Å². The topological polar surface area (TPSA) is 34.9 Å². The molecule has 0 amide bonds. The second-order valence-corrected chi connectivity index (χ2v) is 8.98. The van der Waals surface area contributed by atoms with Crippen molar-refractivity contribution in [3.63, 3.8) is 0 Å². The van der Waals surface area contributed by atoms with E-state index in [1.54, 1.807) is 6.92 Å². The molecular formula is C28H29N2O. The van der Waals surface area contributed by atoms with Crippen LogP contribution in [0, 0.1) is 13.0 Å². The number of nitrogens with zero attached hydrogens (tertiary/aromatic N) is 2. The maximum Gasteiger partial charge on any atom is 0.159 e. The summed E-state index contributed by atoms with van der Waals surface area (Å²) < 4.78 is 2.20. The lowest BCUT2D eigenvalue weighted by Crippen LogP contribution is -2.20. The first kappa shape index (κ1) is 21.0. The molecule has 0 N–H and O–H groups in total. The van der Waals surface area contributed by atoms with Gasteiger partial charge in [0.05, 0.1) is 11.0 Å². The van der Waals surface area contributed by atoms with Crippen molar-refractivity contribution in [3.8, 4) is 5.69 Å². The largest absolute Gasteiger partial charge is 0.296 e. The molecule has 3 aromatic carbocycles. The monoisotopic (exact) mass is 409 g/mol. The summed E-state index contributed by atoms with van der Waals surface area (Å²) in [4.78, 5) is 16.5. The number of hydrogen-bond donors (Lipinski definition) is 0. The van der Waals surface area contributed by atoms with Crippen molar-refractivity contribution in [3.05, 3.63) is 94.8 Å². The van der Waals surface area contributed by atoms with E-state index in [-0.39, 0.29) is 11.2 Å². The molecule has 3 heteroatoms. The minimum atomic E-state index is 0.00685. The summed E-state index contributed by atoms with van der Waals surface area (Å²) in [6.07, 6.45) is 1.77. The number of Topliss-reactive ketones (excluding diaryl/α,β-unsaturated/α-hetero) is 1. The smallest absolute Gasteiger partial charge is 0.159 e. The number of benzene rings is 3. The highest BCUT2D eigenvalue weighted by Gasteiger charge is 2.22. The molecule has 0 aliphatic heterocycles. The van der Waals surface area contributed by atoms with E-state index in [1.807, 2.05) is 24.3 Å². The summed E-state index contributed by atoms with van der Waals surface area (Å²) in [6, 6.07) is 24.3. The fourth-order valence-electron chi connectivity index (χ4n) is 4.21. The van der Waals surface area contributed by atoms with Gasteiger partial charge in [-0.25, -0.2) is 4.98 Å². The average Bonchev–Trinajstić information content (AvgIpc) is 3.12. The third-order valence-corrected chi connectivity index (χ3v) is 5.97. The highest BCUT2D eigenvalue weighted by Crippen LogP contribution is 2.29. The van der Waals surface area contributed by atoms with E-state index in [1.165, 1.54) is 16.7 Å². The van der Waals surface area contributed by atoms with Crippen molar-refractivity contribution >= 4 is 16.8 Å². The van der Waals surface area contributed by atoms with Crippen molar-refractivity contribution in [1.82, 2.24) is 9.55 Å². The van der Waals surface area contributed by atoms with Gasteiger partial charge in [0.2, 0.25) is 0 Å². The quantitative estimate of drug-likeness (QED) is 0.344. The van der Waals surface area contributed by atoms with Gasteiger partial charge in [0.15, 0.2) is 5.78 Å². The number of aryl methyl sites for hydroxylation is 2. The molecule has 3 nitrogen and oxygen atoms in total. The van der Waals surface area contributed by atoms with Crippen LogP contribution in [0.2, 0.25) is 0 Å². The maximum atomic E-state index is 11.8. The predicted molar refractivity (Wildman–Crippen MR) is 127 cm³/mol. The molecule has 4 rings (SSSR count). The van der Waals surface area contributed by atoms with Gasteiger partial charge in [-0.05, 0) is 73.2 Å². The highest BCUT2D eigenvalue weighted by molar-refractivity contribution is 5.97. The fourth-order valence-corrected chi connectivity index (χ4v) is 4.21. The molecule has 0 aliphatic carbocycles. The van der Waals surface area contributed by atoms with Crippen LogP contribution < -0.4 is 0 Å². The Kier molecular flexibility index (Phi) is 5.53. The molecule has 0 saturated carbocycles. The van der Waals surface area contributed by atoms with E-state index in [2.05, 4.69) is 74.7 Å². The van der Waals surface area contributed by atoms with Gasteiger partial charge in [0.25, 0.3) is 0 Å². The van der Waals surface area contributed by atoms with E-state index in [0.29, 0.717) is 5.56 Å². The zero-order valence-corrected chi connectivity index (χ0v) is 19.0. The summed E-state index contributed by atoms with van der Waals surface area (Å²) in [5, 5.41) is 0. The first-order chi connectivity index (χ1) is 14.8. The molecule has 0 spiro atoms. The Morgan fingerprint density at radius 2 is 1.81 bits per heavy atom. The van der Waals surface area contributed by atoms with Crippen LogP contribution in [0.4, 0.5) is 0 Å². The van der Waals surface area contributed by atoms with Gasteiger partial charge in [-0.3, -0.25) is 9.36 Å². The predicted octanol–water partition coefficient (Wildman–Crippen LogP) is 6.42. The molecule has 31 heavy (non-hydrogen) atoms. The minimum Gasteiger partial charge on any atom is -0.296 e. The summed E-state index contributed by atoms with van der Waals surface area (Å²) in [7, 11) is 0. The number of carbonyl (C=O) groups excluding carboxylic acids is 1. The highest BCUT2D eigenvalue weighted by atomic mass is 16.1. The Balaban J connectivity index is 1.66. The van der Waals surface area contributed by atoms with E-state index in [9.17, 15) is 4.79 Å². The normalized spacial score (nSPS) is 11.8. The van der Waals surface area contributed by atoms with E-state index < -0.39 is 0 Å². The molecule has 0 unspecified atom stereocenters. The molecule has 4 aromatic rings. The lowest BCUT2D eigenvalue weighted by molar-refractivity contribution is 0.101. The maximum absolute atomic E-state index is 11.8. The standard InChI is InChI=1S/C28H29N2O/c1-6-27-29-25-17-22(20(3)31)12-15-26(25)30(27)24-13-10-21(11-14-24)18-28(4,5)23-9-7-8-19(2)16-23/h7-8,10-17H,6,18H2,1-5H3. The summed E-state index contributed by atoms with van der Waals surface area (Å²) >= 11 is 0. The van der Waals surface area contributed by atoms with Gasteiger partial charge in [-0.15, -0.1) is 0 Å². The van der Waals surface area contributed by atoms with Gasteiger partial charge < -0.3 is 0 Å². The molecular weight excluding hydrogens is 380 g/mol. The lowest BCUT2D eigenvalue weighted by atomic mass is 9.79. The molecule has 1 heterocycles. The fraction of sp³-hybridized carbons (Fsp3) is 0.286. The van der Waals surface area contributed by atoms with E-state index in [4.69, 9.17) is 4.98 Å². The van der Waals surface area contributed by atoms with Crippen molar-refractivity contribution in [1.29, 1.82) is 0 Å². The van der Waals surface area contributed by atoms with Crippen LogP contribution in [0.15, 0.2) is 60.7 Å². The number of fused-ring (bicyclic) bond motifs is 1. The first-order valence-electron chi connectivity index (χ1n) is 10.9. The summed E-state index contributed by atoms with van der Waals surface area (Å²) in [5.41, 5.74) is 7.51. The third-order valence-electron chi connectivity index (χ3n) is 5.97. The van der Waals surface area contributed by atoms with Crippen LogP contribution in [-0.2, 0) is 18.3 Å². The molecule has 1 radical (unpaired) electrons. The van der Waals surface area contributed by atoms with Gasteiger partial charge >= 0.3 is 0 Å². The molecule has 0 aliphatic rings. The van der Waals surface area contributed by atoms with Crippen molar-refractivity contribution in [2.75, 3.05) is 0 Å². The third kappa shape index (κ3) is 4.18. The van der Waals surface area contributed by atoms with Crippen LogP contribution in [-0.4, -0.2) is 15.3 Å². The molecule has 0 fully saturated rings. The van der Waals surface area contributed by atoms with E-state index in [0.717, 1.165) is 35.4 Å². The van der Waals surface area contributed by atoms with Crippen LogP contribution >= 0.6 is 0 Å². The van der Waals surface area contributed by atoms with Crippen LogP contribution in [0.25, 0.3) is 16.7 Å². The average molecular weight is 410 g/mol. The van der Waals surface area contributed by atoms with Crippen molar-refractivity contribution in [2.45, 2.75) is 52.9 Å². The number of aromatic nitrogens is 2. The van der Waals surface area contributed by atoms with Crippen LogP contribution in [0.3, 0.4) is 0 Å². The van der Waals surface area contributed by atoms with Crippen LogP contribution in [0.1, 0.15) is 60.6 Å². The number of carbonyl (C=O) groups is 1. The Morgan fingerprint density at radius 1 is 1.06 bits per heavy atom. The van der Waals surface area contributed by atoms with Gasteiger partial charge in [0.1, 0.15) is 5.82 Å². The van der Waals surface area contributed by atoms with Gasteiger partial charge in [0, 0.05) is 17.7 Å². The zero-order valence-electron chi connectivity index (χ0n) is 19.0. The lowest BCUT2D eigenvalue weighted by Gasteiger charge is -2.26. The minimum absolute atomic E-state index is 0.00685. The number of rotatable bonds is 6. The second-order valence-electron chi connectivity index (χ2n) is 8.98. The Morgan fingerprint density at radius 3 is 2.45 bits per heavy atom. The first-order valence-corrected chi connectivity index (χ1v) is 10.9. The van der Waals surface area contributed by atoms with Gasteiger partial charge in [-0.1, -0.05) is 56.7 Å². The number of ketones is 1. The molecule has 1 aromatic heterocycles. The van der Waals surface area contributed by atoms with Crippen molar-refractivity contribution < 1.29 is 4.79 Å².